The maximum Gasteiger partial charge on any atom is 0.308 e. The van der Waals surface area contributed by atoms with Crippen molar-refractivity contribution in [1.29, 1.82) is 0 Å². The second-order valence-electron chi connectivity index (χ2n) is 5.12. The number of thiophene rings is 1. The smallest absolute Gasteiger partial charge is 0.308 e. The molecule has 0 spiro atoms. The molecule has 0 N–H and O–H groups in total. The first-order chi connectivity index (χ1) is 11.8. The first-order valence-electron chi connectivity index (χ1n) is 7.14. The van der Waals surface area contributed by atoms with Crippen LogP contribution >= 0.6 is 43.2 Å². The summed E-state index contributed by atoms with van der Waals surface area (Å²) in [5.74, 6) is -0.0935. The van der Waals surface area contributed by atoms with Gasteiger partial charge in [-0.2, -0.15) is 5.01 Å². The van der Waals surface area contributed by atoms with Crippen LogP contribution in [0.3, 0.4) is 0 Å². The maximum atomic E-state index is 12.0. The Kier molecular flexibility index (Phi) is 5.26. The van der Waals surface area contributed by atoms with E-state index in [1.165, 1.54) is 30.2 Å². The molecule has 0 bridgehead atoms. The number of amides is 1. The lowest BCUT2D eigenvalue weighted by Gasteiger charge is -2.21. The van der Waals surface area contributed by atoms with E-state index in [9.17, 15) is 9.59 Å². The van der Waals surface area contributed by atoms with Gasteiger partial charge in [-0.1, -0.05) is 15.9 Å². The number of ether oxygens (including phenoxy) is 2. The lowest BCUT2D eigenvalue weighted by molar-refractivity contribution is -0.135. The molecule has 0 fully saturated rings. The summed E-state index contributed by atoms with van der Waals surface area (Å²) in [5, 5.41) is 5.52. The zero-order valence-corrected chi connectivity index (χ0v) is 17.1. The van der Waals surface area contributed by atoms with Crippen molar-refractivity contribution in [3.05, 3.63) is 49.0 Å². The number of hydrogen-bond acceptors (Lipinski definition) is 6. The molecule has 9 heteroatoms. The van der Waals surface area contributed by atoms with Crippen LogP contribution in [0.15, 0.2) is 43.7 Å². The largest absolute Gasteiger partial charge is 0.445 e. The molecular weight excluding hydrogens is 476 g/mol. The fraction of sp³-hybridized carbons (Fsp3) is 0.188. The molecule has 0 aliphatic carbocycles. The Morgan fingerprint density at radius 3 is 2.60 bits per heavy atom. The van der Waals surface area contributed by atoms with Gasteiger partial charge >= 0.3 is 5.97 Å². The third-order valence-electron chi connectivity index (χ3n) is 3.24. The number of nitrogens with zero attached hydrogens (tertiary/aromatic N) is 2. The predicted octanol–water partition coefficient (Wildman–Crippen LogP) is 4.44. The number of carbonyl (C=O) groups excluding carboxylic acids is 2. The highest BCUT2D eigenvalue weighted by molar-refractivity contribution is 9.11. The van der Waals surface area contributed by atoms with E-state index >= 15 is 0 Å². The van der Waals surface area contributed by atoms with E-state index < -0.39 is 12.2 Å². The normalized spacial score (nSPS) is 16.4. The highest BCUT2D eigenvalue weighted by Crippen LogP contribution is 2.38. The summed E-state index contributed by atoms with van der Waals surface area (Å²) in [6, 6.07) is 8.85. The fourth-order valence-electron chi connectivity index (χ4n) is 2.26. The first-order valence-corrected chi connectivity index (χ1v) is 9.54. The van der Waals surface area contributed by atoms with Gasteiger partial charge in [0, 0.05) is 18.3 Å². The second kappa shape index (κ2) is 7.27. The van der Waals surface area contributed by atoms with E-state index in [0.29, 0.717) is 17.2 Å². The predicted molar refractivity (Wildman–Crippen MR) is 100 cm³/mol. The zero-order valence-electron chi connectivity index (χ0n) is 13.2. The van der Waals surface area contributed by atoms with Gasteiger partial charge in [0.15, 0.2) is 0 Å². The fourth-order valence-corrected chi connectivity index (χ4v) is 3.95. The lowest BCUT2D eigenvalue weighted by atomic mass is 10.1. The highest BCUT2D eigenvalue weighted by atomic mass is 79.9. The maximum absolute atomic E-state index is 12.0. The second-order valence-corrected chi connectivity index (χ2v) is 8.50. The van der Waals surface area contributed by atoms with E-state index in [4.69, 9.17) is 9.47 Å². The van der Waals surface area contributed by atoms with Crippen molar-refractivity contribution in [2.75, 3.05) is 0 Å². The molecule has 1 aromatic carbocycles. The molecular formula is C16H12Br2N2O4S. The molecule has 2 aromatic rings. The van der Waals surface area contributed by atoms with Crippen LogP contribution in [0.5, 0.6) is 5.75 Å². The van der Waals surface area contributed by atoms with Gasteiger partial charge in [0.25, 0.3) is 5.90 Å². The van der Waals surface area contributed by atoms with Crippen LogP contribution < -0.4 is 4.74 Å². The molecule has 25 heavy (non-hydrogen) atoms. The third kappa shape index (κ3) is 3.94. The minimum Gasteiger partial charge on any atom is -0.445 e. The average molecular weight is 488 g/mol. The summed E-state index contributed by atoms with van der Waals surface area (Å²) in [5.41, 5.74) is 0.522. The monoisotopic (exact) mass is 486 g/mol. The summed E-state index contributed by atoms with van der Waals surface area (Å²) >= 11 is 8.23. The Hall–Kier alpha value is -1.71. The Bertz CT molecular complexity index is 881. The molecule has 0 saturated heterocycles. The third-order valence-corrected chi connectivity index (χ3v) is 5.35. The van der Waals surface area contributed by atoms with Crippen LogP contribution in [0, 0.1) is 0 Å². The SMILES string of the molecule is CC(=O)Oc1ccc(Br)cc1C1OC(c2ccc(Br)s2)=NN1C(C)=O. The lowest BCUT2D eigenvalue weighted by Crippen LogP contribution is -2.26. The van der Waals surface area contributed by atoms with Gasteiger partial charge < -0.3 is 9.47 Å². The molecule has 1 atom stereocenters. The van der Waals surface area contributed by atoms with Crippen LogP contribution in [0.25, 0.3) is 0 Å². The summed E-state index contributed by atoms with van der Waals surface area (Å²) in [6.45, 7) is 2.71. The van der Waals surface area contributed by atoms with Gasteiger partial charge in [-0.15, -0.1) is 16.4 Å². The topological polar surface area (TPSA) is 68.2 Å². The molecule has 3 rings (SSSR count). The summed E-state index contributed by atoms with van der Waals surface area (Å²) < 4.78 is 12.9. The molecule has 1 amide bonds. The molecule has 130 valence electrons. The van der Waals surface area contributed by atoms with Crippen LogP contribution in [0.4, 0.5) is 0 Å². The summed E-state index contributed by atoms with van der Waals surface area (Å²) in [4.78, 5) is 24.2. The minimum absolute atomic E-state index is 0.288. The Balaban J connectivity index is 2.01. The molecule has 1 aliphatic rings. The van der Waals surface area contributed by atoms with Crippen LogP contribution in [0.1, 0.15) is 30.5 Å². The van der Waals surface area contributed by atoms with Gasteiger partial charge in [0.05, 0.1) is 14.2 Å². The number of esters is 1. The van der Waals surface area contributed by atoms with Crippen molar-refractivity contribution < 1.29 is 19.1 Å². The Labute approximate surface area is 164 Å². The molecule has 6 nitrogen and oxygen atoms in total. The summed E-state index contributed by atoms with van der Waals surface area (Å²) in [7, 11) is 0. The zero-order chi connectivity index (χ0) is 18.1. The average Bonchev–Trinajstić information content (AvgIpc) is 3.14. The van der Waals surface area contributed by atoms with Crippen molar-refractivity contribution in [1.82, 2.24) is 5.01 Å². The standard InChI is InChI=1S/C16H12Br2N2O4S/c1-8(21)20-16(24-15(19-20)13-5-6-14(18)25-13)11-7-10(17)3-4-12(11)23-9(2)22/h3-7,16H,1-2H3. The molecule has 2 heterocycles. The first kappa shape index (κ1) is 18.1. The minimum atomic E-state index is -0.819. The molecule has 0 saturated carbocycles. The van der Waals surface area contributed by atoms with Crippen molar-refractivity contribution in [2.24, 2.45) is 5.10 Å². The van der Waals surface area contributed by atoms with E-state index in [1.54, 1.807) is 18.2 Å². The van der Waals surface area contributed by atoms with Gasteiger partial charge in [-0.25, -0.2) is 0 Å². The van der Waals surface area contributed by atoms with E-state index in [2.05, 4.69) is 37.0 Å². The molecule has 1 unspecified atom stereocenters. The van der Waals surface area contributed by atoms with Gasteiger partial charge in [0.2, 0.25) is 12.1 Å². The van der Waals surface area contributed by atoms with Gasteiger partial charge in [-0.05, 0) is 46.3 Å². The Morgan fingerprint density at radius 1 is 1.24 bits per heavy atom. The summed E-state index contributed by atoms with van der Waals surface area (Å²) in [6.07, 6.45) is -0.819. The quantitative estimate of drug-likeness (QED) is 0.474. The molecule has 0 radical (unpaired) electrons. The number of halogens is 2. The molecule has 1 aliphatic heterocycles. The number of benzene rings is 1. The Morgan fingerprint density at radius 2 is 2.00 bits per heavy atom. The van der Waals surface area contributed by atoms with Crippen LogP contribution in [-0.4, -0.2) is 22.8 Å². The van der Waals surface area contributed by atoms with E-state index in [1.807, 2.05) is 12.1 Å². The number of hydrazone groups is 1. The van der Waals surface area contributed by atoms with Crippen molar-refractivity contribution in [3.63, 3.8) is 0 Å². The van der Waals surface area contributed by atoms with Gasteiger partial charge in [0.1, 0.15) is 5.75 Å². The van der Waals surface area contributed by atoms with E-state index in [-0.39, 0.29) is 5.91 Å². The number of rotatable bonds is 3. The molecule has 1 aromatic heterocycles. The van der Waals surface area contributed by atoms with Crippen molar-refractivity contribution >= 4 is 61.0 Å². The van der Waals surface area contributed by atoms with Gasteiger partial charge in [-0.3, -0.25) is 9.59 Å². The number of carbonyl (C=O) groups is 2. The van der Waals surface area contributed by atoms with Crippen molar-refractivity contribution in [3.8, 4) is 5.75 Å². The van der Waals surface area contributed by atoms with Crippen LogP contribution in [-0.2, 0) is 14.3 Å². The highest BCUT2D eigenvalue weighted by Gasteiger charge is 2.36. The van der Waals surface area contributed by atoms with Crippen LogP contribution in [0.2, 0.25) is 0 Å². The van der Waals surface area contributed by atoms with Crippen molar-refractivity contribution in [2.45, 2.75) is 20.1 Å². The number of hydrogen-bond donors (Lipinski definition) is 0. The van der Waals surface area contributed by atoms with E-state index in [0.717, 1.165) is 13.1 Å².